The van der Waals surface area contributed by atoms with Gasteiger partial charge in [-0.3, -0.25) is 0 Å². The molecule has 6 nitrogen and oxygen atoms in total. The normalized spacial score (nSPS) is 12.2. The van der Waals surface area contributed by atoms with E-state index in [1.807, 2.05) is 24.3 Å². The van der Waals surface area contributed by atoms with Crippen molar-refractivity contribution in [2.75, 3.05) is 13.2 Å². The van der Waals surface area contributed by atoms with Crippen LogP contribution >= 0.6 is 23.1 Å². The Morgan fingerprint density at radius 1 is 0.632 bits per heavy atom. The number of benzene rings is 5. The smallest absolute Gasteiger partial charge is 0.127 e. The highest BCUT2D eigenvalue weighted by atomic mass is 32.1. The Morgan fingerprint density at radius 3 is 1.99 bits per heavy atom. The molecule has 5 aromatic carbocycles. The summed E-state index contributed by atoms with van der Waals surface area (Å²) in [6.45, 7) is 16.8. The number of hydrogen-bond donors (Lipinski definition) is 0. The van der Waals surface area contributed by atoms with Gasteiger partial charge in [0.05, 0.1) is 47.1 Å². The van der Waals surface area contributed by atoms with Gasteiger partial charge in [0, 0.05) is 38.9 Å². The third kappa shape index (κ3) is 12.4. The van der Waals surface area contributed by atoms with E-state index in [2.05, 4.69) is 180 Å². The summed E-state index contributed by atoms with van der Waals surface area (Å²) in [6, 6.07) is 46.9. The number of hydrogen-bond acceptors (Lipinski definition) is 7. The van der Waals surface area contributed by atoms with E-state index in [0.29, 0.717) is 18.1 Å². The summed E-state index contributed by atoms with van der Waals surface area (Å²) in [5.41, 5.74) is 20.2. The summed E-state index contributed by atoms with van der Waals surface area (Å²) < 4.78 is 25.1. The minimum absolute atomic E-state index is 0.536. The number of aromatic nitrogens is 3. The molecule has 0 N–H and O–H groups in total. The van der Waals surface area contributed by atoms with Crippen LogP contribution in [-0.2, 0) is 6.42 Å². The Labute approximate surface area is 460 Å². The standard InChI is InChI=1S/C68H74N4O2S2/c1-8-12-15-17-38-73-55-29-31-56(48(7)42-55)51-25-27-53(28-26-51)65-60(43-49(11-4)19-14-10-3)61-44-54(57-30-20-46(5)41-62(57)74-39-18-16-13-9-2)36-37-72(61)68(65)64-35-34-63(75-64)59-33-32-58(66-67(59)71-76-70-66)52-23-21-50(22-24-52)40-47(6)45-69/h20-37,40-42,44,49H,8-19,38-39,43H2,1-7H3/b47-40-. The van der Waals surface area contributed by atoms with Gasteiger partial charge in [0.15, 0.2) is 0 Å². The number of rotatable bonds is 25. The van der Waals surface area contributed by atoms with Gasteiger partial charge in [0.2, 0.25) is 0 Å². The van der Waals surface area contributed by atoms with Crippen LogP contribution < -0.4 is 9.47 Å². The summed E-state index contributed by atoms with van der Waals surface area (Å²) in [5, 5.41) is 9.34. The van der Waals surface area contributed by atoms with Crippen LogP contribution in [0.25, 0.3) is 88.1 Å². The third-order valence-electron chi connectivity index (χ3n) is 15.0. The van der Waals surface area contributed by atoms with E-state index in [9.17, 15) is 5.26 Å². The first-order valence-corrected chi connectivity index (χ1v) is 29.6. The van der Waals surface area contributed by atoms with Crippen molar-refractivity contribution >= 4 is 45.7 Å². The molecule has 0 amide bonds. The van der Waals surface area contributed by atoms with Gasteiger partial charge in [0.1, 0.15) is 22.5 Å². The Morgan fingerprint density at radius 2 is 1.28 bits per heavy atom. The predicted octanol–water partition coefficient (Wildman–Crippen LogP) is 20.2. The van der Waals surface area contributed by atoms with Crippen molar-refractivity contribution in [1.82, 2.24) is 13.1 Å². The minimum Gasteiger partial charge on any atom is -0.494 e. The van der Waals surface area contributed by atoms with Crippen LogP contribution in [0.4, 0.5) is 0 Å². The molecule has 0 saturated heterocycles. The lowest BCUT2D eigenvalue weighted by Crippen LogP contribution is -2.04. The SMILES string of the molecule is CCCCCCOc1ccc(-c2ccc(-c3c(CC(CC)CCCC)c4cc(-c5ccc(C)cc5OCCCCCC)ccn4c3-c3ccc(-c4ccc(-c5ccc(/C=C(/C)C#N)cc5)c5nsnc45)s3)cc2)c(C)c1. The van der Waals surface area contributed by atoms with Crippen LogP contribution in [-0.4, -0.2) is 26.4 Å². The third-order valence-corrected chi connectivity index (χ3v) is 16.7. The zero-order chi connectivity index (χ0) is 53.0. The van der Waals surface area contributed by atoms with Crippen molar-refractivity contribution in [3.05, 3.63) is 155 Å². The summed E-state index contributed by atoms with van der Waals surface area (Å²) >= 11 is 3.09. The van der Waals surface area contributed by atoms with Crippen LogP contribution in [0.3, 0.4) is 0 Å². The van der Waals surface area contributed by atoms with Crippen LogP contribution in [0.1, 0.15) is 134 Å². The summed E-state index contributed by atoms with van der Waals surface area (Å²) in [7, 11) is 0. The minimum atomic E-state index is 0.536. The van der Waals surface area contributed by atoms with E-state index in [0.717, 1.165) is 87.5 Å². The van der Waals surface area contributed by atoms with Crippen molar-refractivity contribution in [3.8, 4) is 83.1 Å². The number of thiophene rings is 1. The Balaban J connectivity index is 1.17. The number of unbranched alkanes of at least 4 members (excludes halogenated alkanes) is 7. The summed E-state index contributed by atoms with van der Waals surface area (Å²) in [6.07, 6.45) is 19.4. The average molecular weight is 1040 g/mol. The predicted molar refractivity (Wildman–Crippen MR) is 324 cm³/mol. The molecule has 1 unspecified atom stereocenters. The highest BCUT2D eigenvalue weighted by molar-refractivity contribution is 7.19. The molecule has 0 saturated carbocycles. The van der Waals surface area contributed by atoms with Crippen molar-refractivity contribution < 1.29 is 9.47 Å². The molecule has 0 aliphatic carbocycles. The second-order valence-electron chi connectivity index (χ2n) is 20.7. The molecule has 0 spiro atoms. The zero-order valence-corrected chi connectivity index (χ0v) is 47.4. The topological polar surface area (TPSA) is 72.4 Å². The summed E-state index contributed by atoms with van der Waals surface area (Å²) in [4.78, 5) is 2.36. The molecule has 4 aromatic heterocycles. The number of nitrogens with zero attached hydrogens (tertiary/aromatic N) is 4. The number of nitriles is 1. The maximum Gasteiger partial charge on any atom is 0.127 e. The van der Waals surface area contributed by atoms with Crippen molar-refractivity contribution in [2.45, 2.75) is 132 Å². The van der Waals surface area contributed by atoms with Crippen LogP contribution in [0.15, 0.2) is 133 Å². The second-order valence-corrected chi connectivity index (χ2v) is 22.3. The molecule has 9 rings (SSSR count). The van der Waals surface area contributed by atoms with Gasteiger partial charge in [-0.2, -0.15) is 14.0 Å². The number of aryl methyl sites for hydroxylation is 2. The Bertz CT molecular complexity index is 3460. The number of fused-ring (bicyclic) bond motifs is 2. The molecule has 4 heterocycles. The number of ether oxygens (including phenoxy) is 2. The molecular formula is C68H74N4O2S2. The lowest BCUT2D eigenvalue weighted by molar-refractivity contribution is 0.305. The average Bonchev–Trinajstić information content (AvgIpc) is 4.23. The van der Waals surface area contributed by atoms with E-state index in [1.54, 1.807) is 0 Å². The Hall–Kier alpha value is -6.79. The van der Waals surface area contributed by atoms with Crippen molar-refractivity contribution in [3.63, 3.8) is 0 Å². The fourth-order valence-corrected chi connectivity index (χ4v) is 12.4. The van der Waals surface area contributed by atoms with Gasteiger partial charge in [-0.05, 0) is 145 Å². The highest BCUT2D eigenvalue weighted by Gasteiger charge is 2.26. The van der Waals surface area contributed by atoms with Gasteiger partial charge in [-0.15, -0.1) is 11.3 Å². The van der Waals surface area contributed by atoms with Crippen LogP contribution in [0.2, 0.25) is 0 Å². The molecule has 0 bridgehead atoms. The molecule has 390 valence electrons. The van der Waals surface area contributed by atoms with E-state index in [1.165, 1.54) is 130 Å². The molecule has 1 atom stereocenters. The highest BCUT2D eigenvalue weighted by Crippen LogP contribution is 2.48. The van der Waals surface area contributed by atoms with E-state index in [4.69, 9.17) is 18.2 Å². The molecule has 76 heavy (non-hydrogen) atoms. The molecule has 0 radical (unpaired) electrons. The van der Waals surface area contributed by atoms with Crippen molar-refractivity contribution in [2.24, 2.45) is 5.92 Å². The maximum absolute atomic E-state index is 9.34. The molecule has 0 aliphatic rings. The largest absolute Gasteiger partial charge is 0.494 e. The van der Waals surface area contributed by atoms with Crippen molar-refractivity contribution in [1.29, 1.82) is 5.26 Å². The lowest BCUT2D eigenvalue weighted by Gasteiger charge is -2.17. The molecule has 0 aliphatic heterocycles. The Kier molecular flexibility index (Phi) is 18.4. The monoisotopic (exact) mass is 1040 g/mol. The van der Waals surface area contributed by atoms with Crippen LogP contribution in [0, 0.1) is 31.1 Å². The van der Waals surface area contributed by atoms with Crippen LogP contribution in [0.5, 0.6) is 11.5 Å². The first-order valence-electron chi connectivity index (χ1n) is 28.0. The lowest BCUT2D eigenvalue weighted by atomic mass is 9.87. The second kappa shape index (κ2) is 25.8. The molecule has 8 heteroatoms. The quantitative estimate of drug-likeness (QED) is 0.0421. The maximum atomic E-state index is 9.34. The number of allylic oxidation sites excluding steroid dienone is 1. The summed E-state index contributed by atoms with van der Waals surface area (Å²) in [5.74, 6) is 2.44. The first-order chi connectivity index (χ1) is 37.2. The van der Waals surface area contributed by atoms with E-state index >= 15 is 0 Å². The molecule has 9 aromatic rings. The fraction of sp³-hybridized carbons (Fsp3) is 0.338. The van der Waals surface area contributed by atoms with Gasteiger partial charge in [-0.25, -0.2) is 0 Å². The van der Waals surface area contributed by atoms with Gasteiger partial charge < -0.3 is 13.9 Å². The molecular weight excluding hydrogens is 969 g/mol. The number of pyridine rings is 1. The zero-order valence-electron chi connectivity index (χ0n) is 45.8. The van der Waals surface area contributed by atoms with E-state index < -0.39 is 0 Å². The fourth-order valence-electron chi connectivity index (χ4n) is 10.7. The van der Waals surface area contributed by atoms with E-state index in [-0.39, 0.29) is 0 Å². The van der Waals surface area contributed by atoms with Gasteiger partial charge in [-0.1, -0.05) is 171 Å². The molecule has 0 fully saturated rings. The van der Waals surface area contributed by atoms with Gasteiger partial charge in [0.25, 0.3) is 0 Å². The van der Waals surface area contributed by atoms with Gasteiger partial charge >= 0.3 is 0 Å². The first kappa shape index (κ1) is 54.0.